The number of nitriles is 1. The molecular formula is C12H8ClNS. The van der Waals surface area contributed by atoms with Crippen molar-refractivity contribution in [2.75, 3.05) is 0 Å². The van der Waals surface area contributed by atoms with E-state index in [1.165, 1.54) is 9.58 Å². The van der Waals surface area contributed by atoms with Gasteiger partial charge in [0.15, 0.2) is 0 Å². The molecule has 3 rings (SSSR count). The third-order valence-electron chi connectivity index (χ3n) is 2.91. The molecular weight excluding hydrogens is 226 g/mol. The molecule has 15 heavy (non-hydrogen) atoms. The summed E-state index contributed by atoms with van der Waals surface area (Å²) < 4.78 is 1.22. The van der Waals surface area contributed by atoms with E-state index in [2.05, 4.69) is 12.1 Å². The molecule has 1 saturated carbocycles. The van der Waals surface area contributed by atoms with Crippen molar-refractivity contribution in [3.63, 3.8) is 0 Å². The van der Waals surface area contributed by atoms with E-state index in [1.807, 2.05) is 18.2 Å². The fourth-order valence-electron chi connectivity index (χ4n) is 1.79. The molecule has 74 valence electrons. The largest absolute Gasteiger partial charge is 0.197 e. The Bertz CT molecular complexity index is 575. The lowest BCUT2D eigenvalue weighted by molar-refractivity contribution is 0.938. The average Bonchev–Trinajstić information content (AvgIpc) is 2.93. The zero-order valence-electron chi connectivity index (χ0n) is 7.96. The first-order valence-corrected chi connectivity index (χ1v) is 6.04. The molecule has 0 spiro atoms. The van der Waals surface area contributed by atoms with Gasteiger partial charge in [-0.1, -0.05) is 11.6 Å². The first kappa shape index (κ1) is 9.21. The van der Waals surface area contributed by atoms with Gasteiger partial charge in [-0.2, -0.15) is 5.26 Å². The van der Waals surface area contributed by atoms with Crippen LogP contribution >= 0.6 is 22.9 Å². The van der Waals surface area contributed by atoms with Gasteiger partial charge >= 0.3 is 0 Å². The number of fused-ring (bicyclic) bond motifs is 1. The molecule has 1 nitrogen and oxygen atoms in total. The van der Waals surface area contributed by atoms with E-state index < -0.39 is 0 Å². The van der Waals surface area contributed by atoms with E-state index in [9.17, 15) is 0 Å². The second kappa shape index (κ2) is 2.98. The first-order valence-electron chi connectivity index (χ1n) is 4.84. The molecule has 1 aromatic carbocycles. The highest BCUT2D eigenvalue weighted by Crippen LogP contribution is 2.51. The van der Waals surface area contributed by atoms with Crippen LogP contribution in [0.4, 0.5) is 0 Å². The zero-order valence-corrected chi connectivity index (χ0v) is 9.53. The molecule has 3 heteroatoms. The maximum atomic E-state index is 9.12. The van der Waals surface area contributed by atoms with Gasteiger partial charge < -0.3 is 0 Å². The number of hydrogen-bond donors (Lipinski definition) is 0. The number of thiophene rings is 1. The van der Waals surface area contributed by atoms with Crippen molar-refractivity contribution in [2.45, 2.75) is 18.3 Å². The summed E-state index contributed by atoms with van der Waals surface area (Å²) in [6.45, 7) is 0. The molecule has 1 aromatic heterocycles. The Kier molecular flexibility index (Phi) is 1.83. The maximum Gasteiger partial charge on any atom is 0.0916 e. The van der Waals surface area contributed by atoms with Crippen LogP contribution in [0.15, 0.2) is 24.3 Å². The first-order chi connectivity index (χ1) is 7.23. The van der Waals surface area contributed by atoms with Crippen LogP contribution in [0.1, 0.15) is 17.7 Å². The van der Waals surface area contributed by atoms with Gasteiger partial charge in [0.25, 0.3) is 0 Å². The number of halogens is 1. The molecule has 0 N–H and O–H groups in total. The Morgan fingerprint density at radius 1 is 1.33 bits per heavy atom. The highest BCUT2D eigenvalue weighted by atomic mass is 35.5. The van der Waals surface area contributed by atoms with Crippen LogP contribution in [-0.2, 0) is 5.41 Å². The SMILES string of the molecule is N#CC1(c2cc3cc(Cl)ccc3s2)CC1. The summed E-state index contributed by atoms with van der Waals surface area (Å²) in [5.41, 5.74) is -0.170. The molecule has 1 fully saturated rings. The van der Waals surface area contributed by atoms with E-state index in [4.69, 9.17) is 16.9 Å². The number of hydrogen-bond acceptors (Lipinski definition) is 2. The fraction of sp³-hybridized carbons (Fsp3) is 0.250. The molecule has 1 aliphatic carbocycles. The van der Waals surface area contributed by atoms with Crippen LogP contribution in [0.25, 0.3) is 10.1 Å². The van der Waals surface area contributed by atoms with Crippen molar-refractivity contribution in [1.29, 1.82) is 5.26 Å². The van der Waals surface area contributed by atoms with E-state index >= 15 is 0 Å². The monoisotopic (exact) mass is 233 g/mol. The third-order valence-corrected chi connectivity index (χ3v) is 4.47. The molecule has 1 aliphatic rings. The Morgan fingerprint density at radius 2 is 2.13 bits per heavy atom. The number of nitrogens with zero attached hydrogens (tertiary/aromatic N) is 1. The van der Waals surface area contributed by atoms with Crippen molar-refractivity contribution < 1.29 is 0 Å². The topological polar surface area (TPSA) is 23.8 Å². The minimum absolute atomic E-state index is 0.170. The van der Waals surface area contributed by atoms with Crippen LogP contribution in [0.5, 0.6) is 0 Å². The summed E-state index contributed by atoms with van der Waals surface area (Å²) in [5.74, 6) is 0. The molecule has 2 aromatic rings. The van der Waals surface area contributed by atoms with E-state index in [1.54, 1.807) is 11.3 Å². The van der Waals surface area contributed by atoms with E-state index in [0.717, 1.165) is 23.3 Å². The maximum absolute atomic E-state index is 9.12. The predicted octanol–water partition coefficient (Wildman–Crippen LogP) is 4.11. The lowest BCUT2D eigenvalue weighted by Gasteiger charge is -1.97. The fourth-order valence-corrected chi connectivity index (χ4v) is 3.21. The van der Waals surface area contributed by atoms with Gasteiger partial charge in [0.1, 0.15) is 0 Å². The zero-order chi connectivity index (χ0) is 10.5. The van der Waals surface area contributed by atoms with Crippen molar-refractivity contribution >= 4 is 33.0 Å². The second-order valence-corrected chi connectivity index (χ2v) is 5.51. The summed E-state index contributed by atoms with van der Waals surface area (Å²) in [5, 5.41) is 11.0. The number of rotatable bonds is 1. The predicted molar refractivity (Wildman–Crippen MR) is 63.4 cm³/mol. The minimum Gasteiger partial charge on any atom is -0.197 e. The van der Waals surface area contributed by atoms with Gasteiger partial charge in [0, 0.05) is 14.6 Å². The van der Waals surface area contributed by atoms with E-state index in [-0.39, 0.29) is 5.41 Å². The molecule has 0 radical (unpaired) electrons. The molecule has 0 unspecified atom stereocenters. The average molecular weight is 234 g/mol. The van der Waals surface area contributed by atoms with Crippen molar-refractivity contribution in [3.05, 3.63) is 34.2 Å². The Labute approximate surface area is 96.9 Å². The summed E-state index contributed by atoms with van der Waals surface area (Å²) in [7, 11) is 0. The van der Waals surface area contributed by atoms with Crippen LogP contribution in [0, 0.1) is 11.3 Å². The molecule has 0 saturated heterocycles. The van der Waals surface area contributed by atoms with Crippen LogP contribution in [-0.4, -0.2) is 0 Å². The summed E-state index contributed by atoms with van der Waals surface area (Å²) in [6.07, 6.45) is 2.01. The quantitative estimate of drug-likeness (QED) is 0.727. The summed E-state index contributed by atoms with van der Waals surface area (Å²) in [6, 6.07) is 10.4. The van der Waals surface area contributed by atoms with Gasteiger partial charge in [0.2, 0.25) is 0 Å². The third kappa shape index (κ3) is 1.35. The Hall–Kier alpha value is -1.04. The highest BCUT2D eigenvalue weighted by molar-refractivity contribution is 7.19. The molecule has 0 atom stereocenters. The second-order valence-electron chi connectivity index (χ2n) is 3.99. The van der Waals surface area contributed by atoms with Crippen LogP contribution in [0.2, 0.25) is 5.02 Å². The smallest absolute Gasteiger partial charge is 0.0916 e. The van der Waals surface area contributed by atoms with Crippen molar-refractivity contribution in [3.8, 4) is 6.07 Å². The van der Waals surface area contributed by atoms with Gasteiger partial charge in [-0.05, 0) is 42.5 Å². The Balaban J connectivity index is 2.19. The van der Waals surface area contributed by atoms with Gasteiger partial charge in [-0.3, -0.25) is 0 Å². The minimum atomic E-state index is -0.170. The van der Waals surface area contributed by atoms with Crippen molar-refractivity contribution in [1.82, 2.24) is 0 Å². The van der Waals surface area contributed by atoms with Crippen LogP contribution < -0.4 is 0 Å². The molecule has 0 amide bonds. The standard InChI is InChI=1S/C12H8ClNS/c13-9-1-2-10-8(5-9)6-11(15-10)12(7-14)3-4-12/h1-2,5-6H,3-4H2. The molecule has 1 heterocycles. The summed E-state index contributed by atoms with van der Waals surface area (Å²) >= 11 is 7.65. The highest BCUT2D eigenvalue weighted by Gasteiger charge is 2.46. The summed E-state index contributed by atoms with van der Waals surface area (Å²) in [4.78, 5) is 1.20. The number of benzene rings is 1. The lowest BCUT2D eigenvalue weighted by Crippen LogP contribution is -1.97. The normalized spacial score (nSPS) is 17.6. The van der Waals surface area contributed by atoms with Gasteiger partial charge in [0.05, 0.1) is 11.5 Å². The molecule has 0 bridgehead atoms. The van der Waals surface area contributed by atoms with Gasteiger partial charge in [-0.25, -0.2) is 0 Å². The van der Waals surface area contributed by atoms with E-state index in [0.29, 0.717) is 0 Å². The van der Waals surface area contributed by atoms with Crippen molar-refractivity contribution in [2.24, 2.45) is 0 Å². The Morgan fingerprint density at radius 3 is 2.80 bits per heavy atom. The van der Waals surface area contributed by atoms with Gasteiger partial charge in [-0.15, -0.1) is 11.3 Å². The lowest BCUT2D eigenvalue weighted by atomic mass is 10.1. The molecule has 0 aliphatic heterocycles. The van der Waals surface area contributed by atoms with Crippen LogP contribution in [0.3, 0.4) is 0 Å².